The Labute approximate surface area is 73.8 Å². The van der Waals surface area contributed by atoms with E-state index < -0.39 is 0 Å². The van der Waals surface area contributed by atoms with Crippen LogP contribution in [0, 0.1) is 11.3 Å². The lowest BCUT2D eigenvalue weighted by Gasteiger charge is -2.25. The summed E-state index contributed by atoms with van der Waals surface area (Å²) >= 11 is 0. The molecule has 0 aromatic carbocycles. The predicted molar refractivity (Wildman–Crippen MR) is 48.8 cm³/mol. The van der Waals surface area contributed by atoms with Crippen molar-refractivity contribution in [3.63, 3.8) is 0 Å². The zero-order valence-corrected chi connectivity index (χ0v) is 8.11. The normalized spacial score (nSPS) is 39.4. The first-order chi connectivity index (χ1) is 5.58. The fraction of sp³-hybridized carbons (Fsp3) is 0.727. The predicted octanol–water partition coefficient (Wildman–Crippen LogP) is 2.71. The van der Waals surface area contributed by atoms with E-state index in [4.69, 9.17) is 0 Å². The highest BCUT2D eigenvalue weighted by Gasteiger charge is 2.50. The summed E-state index contributed by atoms with van der Waals surface area (Å²) in [7, 11) is 0. The Morgan fingerprint density at radius 3 is 2.50 bits per heavy atom. The maximum Gasteiger partial charge on any atom is 0.140 e. The van der Waals surface area contributed by atoms with Gasteiger partial charge in [0.25, 0.3) is 0 Å². The van der Waals surface area contributed by atoms with Crippen molar-refractivity contribution in [2.24, 2.45) is 11.3 Å². The first-order valence-corrected chi connectivity index (χ1v) is 4.77. The SMILES string of the molecule is CC(=O)C12CCC(C1)C(C)=C2C. The number of fused-ring (bicyclic) bond motifs is 2. The molecule has 2 bridgehead atoms. The van der Waals surface area contributed by atoms with Gasteiger partial charge >= 0.3 is 0 Å². The molecule has 2 atom stereocenters. The maximum absolute atomic E-state index is 11.5. The largest absolute Gasteiger partial charge is 0.299 e. The van der Waals surface area contributed by atoms with Gasteiger partial charge in [0.1, 0.15) is 5.78 Å². The molecule has 2 rings (SSSR count). The lowest BCUT2D eigenvalue weighted by Crippen LogP contribution is -2.25. The Bertz CT molecular complexity index is 275. The number of allylic oxidation sites excluding steroid dienone is 2. The monoisotopic (exact) mass is 164 g/mol. The number of carbonyl (C=O) groups excluding carboxylic acids is 1. The van der Waals surface area contributed by atoms with E-state index in [1.54, 1.807) is 6.92 Å². The van der Waals surface area contributed by atoms with Crippen molar-refractivity contribution in [3.8, 4) is 0 Å². The maximum atomic E-state index is 11.5. The smallest absolute Gasteiger partial charge is 0.140 e. The summed E-state index contributed by atoms with van der Waals surface area (Å²) in [5, 5.41) is 0. The summed E-state index contributed by atoms with van der Waals surface area (Å²) in [5.74, 6) is 1.12. The Morgan fingerprint density at radius 2 is 2.17 bits per heavy atom. The third kappa shape index (κ3) is 0.720. The summed E-state index contributed by atoms with van der Waals surface area (Å²) in [4.78, 5) is 11.5. The van der Waals surface area contributed by atoms with Gasteiger partial charge in [-0.2, -0.15) is 0 Å². The van der Waals surface area contributed by atoms with Crippen LogP contribution in [0.3, 0.4) is 0 Å². The van der Waals surface area contributed by atoms with Crippen LogP contribution in [0.4, 0.5) is 0 Å². The molecule has 0 aliphatic heterocycles. The second-order valence-corrected chi connectivity index (χ2v) is 4.39. The second kappa shape index (κ2) is 2.21. The molecule has 0 heterocycles. The van der Waals surface area contributed by atoms with Gasteiger partial charge in [0.2, 0.25) is 0 Å². The van der Waals surface area contributed by atoms with Gasteiger partial charge in [0.15, 0.2) is 0 Å². The molecule has 2 unspecified atom stereocenters. The van der Waals surface area contributed by atoms with Crippen LogP contribution >= 0.6 is 0 Å². The molecule has 1 fully saturated rings. The van der Waals surface area contributed by atoms with Crippen LogP contribution < -0.4 is 0 Å². The first-order valence-electron chi connectivity index (χ1n) is 4.77. The summed E-state index contributed by atoms with van der Waals surface area (Å²) in [5.41, 5.74) is 2.86. The van der Waals surface area contributed by atoms with Gasteiger partial charge in [-0.1, -0.05) is 11.1 Å². The highest BCUT2D eigenvalue weighted by atomic mass is 16.1. The van der Waals surface area contributed by atoms with Crippen LogP contribution in [0.15, 0.2) is 11.1 Å². The van der Waals surface area contributed by atoms with Gasteiger partial charge in [-0.05, 0) is 46.0 Å². The third-order valence-electron chi connectivity index (χ3n) is 4.11. The quantitative estimate of drug-likeness (QED) is 0.544. The molecular formula is C11H16O. The van der Waals surface area contributed by atoms with Crippen molar-refractivity contribution in [1.82, 2.24) is 0 Å². The molecule has 0 saturated heterocycles. The van der Waals surface area contributed by atoms with Crippen molar-refractivity contribution in [1.29, 1.82) is 0 Å². The van der Waals surface area contributed by atoms with Crippen molar-refractivity contribution < 1.29 is 4.79 Å². The number of hydrogen-bond donors (Lipinski definition) is 0. The fourth-order valence-electron chi connectivity index (χ4n) is 3.02. The molecule has 0 radical (unpaired) electrons. The summed E-state index contributed by atoms with van der Waals surface area (Å²) in [6, 6.07) is 0. The topological polar surface area (TPSA) is 17.1 Å². The van der Waals surface area contributed by atoms with E-state index in [9.17, 15) is 4.79 Å². The fourth-order valence-corrected chi connectivity index (χ4v) is 3.02. The summed E-state index contributed by atoms with van der Waals surface area (Å²) < 4.78 is 0. The van der Waals surface area contributed by atoms with Crippen LogP contribution in [0.25, 0.3) is 0 Å². The lowest BCUT2D eigenvalue weighted by atomic mass is 9.77. The van der Waals surface area contributed by atoms with Gasteiger partial charge in [-0.15, -0.1) is 0 Å². The highest BCUT2D eigenvalue weighted by molar-refractivity contribution is 5.87. The van der Waals surface area contributed by atoms with E-state index in [0.29, 0.717) is 5.78 Å². The molecule has 12 heavy (non-hydrogen) atoms. The number of ketones is 1. The number of hydrogen-bond acceptors (Lipinski definition) is 1. The van der Waals surface area contributed by atoms with Crippen LogP contribution in [0.2, 0.25) is 0 Å². The van der Waals surface area contributed by atoms with Gasteiger partial charge in [0, 0.05) is 0 Å². The number of Topliss-reactive ketones (excluding diaryl/α,β-unsaturated/α-hetero) is 1. The molecule has 1 heteroatoms. The highest BCUT2D eigenvalue weighted by Crippen LogP contribution is 2.57. The lowest BCUT2D eigenvalue weighted by molar-refractivity contribution is -0.124. The Morgan fingerprint density at radius 1 is 1.50 bits per heavy atom. The molecule has 1 saturated carbocycles. The van der Waals surface area contributed by atoms with Crippen molar-refractivity contribution >= 4 is 5.78 Å². The molecule has 2 aliphatic rings. The average molecular weight is 164 g/mol. The van der Waals surface area contributed by atoms with Crippen LogP contribution in [-0.4, -0.2) is 5.78 Å². The standard InChI is InChI=1S/C11H16O/c1-7-8(2)11(9(3)12)5-4-10(7)6-11/h10H,4-6H2,1-3H3. The Hall–Kier alpha value is -0.590. The second-order valence-electron chi connectivity index (χ2n) is 4.39. The average Bonchev–Trinajstić information content (AvgIpc) is 2.53. The summed E-state index contributed by atoms with van der Waals surface area (Å²) in [6.45, 7) is 6.10. The van der Waals surface area contributed by atoms with Crippen LogP contribution in [0.5, 0.6) is 0 Å². The molecule has 1 nitrogen and oxygen atoms in total. The first kappa shape index (κ1) is 8.03. The molecule has 2 aliphatic carbocycles. The minimum atomic E-state index is -0.0191. The minimum absolute atomic E-state index is 0.0191. The van der Waals surface area contributed by atoms with E-state index in [2.05, 4.69) is 13.8 Å². The van der Waals surface area contributed by atoms with Crippen molar-refractivity contribution in [2.45, 2.75) is 40.0 Å². The van der Waals surface area contributed by atoms with Gasteiger partial charge in [-0.3, -0.25) is 4.79 Å². The molecule has 0 aromatic heterocycles. The number of carbonyl (C=O) groups is 1. The van der Waals surface area contributed by atoms with Crippen LogP contribution in [0.1, 0.15) is 40.0 Å². The molecule has 66 valence electrons. The van der Waals surface area contributed by atoms with Gasteiger partial charge in [-0.25, -0.2) is 0 Å². The van der Waals surface area contributed by atoms with E-state index in [1.165, 1.54) is 17.6 Å². The van der Waals surface area contributed by atoms with Gasteiger partial charge in [0.05, 0.1) is 5.41 Å². The Balaban J connectivity index is 2.47. The zero-order chi connectivity index (χ0) is 8.93. The van der Waals surface area contributed by atoms with Crippen LogP contribution in [-0.2, 0) is 4.79 Å². The van der Waals surface area contributed by atoms with E-state index >= 15 is 0 Å². The molecule has 0 N–H and O–H groups in total. The van der Waals surface area contributed by atoms with E-state index in [-0.39, 0.29) is 5.41 Å². The molecule has 0 amide bonds. The minimum Gasteiger partial charge on any atom is -0.299 e. The van der Waals surface area contributed by atoms with E-state index in [0.717, 1.165) is 18.8 Å². The summed E-state index contributed by atoms with van der Waals surface area (Å²) in [6.07, 6.45) is 3.46. The zero-order valence-electron chi connectivity index (χ0n) is 8.11. The molecular weight excluding hydrogens is 148 g/mol. The van der Waals surface area contributed by atoms with Gasteiger partial charge < -0.3 is 0 Å². The Kier molecular flexibility index (Phi) is 1.48. The van der Waals surface area contributed by atoms with Crippen molar-refractivity contribution in [3.05, 3.63) is 11.1 Å². The third-order valence-corrected chi connectivity index (χ3v) is 4.11. The molecule has 0 aromatic rings. The van der Waals surface area contributed by atoms with E-state index in [1.807, 2.05) is 0 Å². The molecule has 0 spiro atoms. The van der Waals surface area contributed by atoms with Crippen molar-refractivity contribution in [2.75, 3.05) is 0 Å². The number of rotatable bonds is 1.